The van der Waals surface area contributed by atoms with Gasteiger partial charge in [0.1, 0.15) is 0 Å². The van der Waals surface area contributed by atoms with E-state index in [9.17, 15) is 4.79 Å². The van der Waals surface area contributed by atoms with E-state index in [1.165, 1.54) is 18.4 Å². The number of carbonyl (C=O) groups excluding carboxylic acids is 1. The first-order valence-electron chi connectivity index (χ1n) is 7.88. The van der Waals surface area contributed by atoms with Gasteiger partial charge in [0.2, 0.25) is 5.91 Å². The maximum atomic E-state index is 12.8. The molecule has 1 heterocycles. The molecule has 1 aromatic heterocycles. The number of thiazole rings is 1. The Morgan fingerprint density at radius 3 is 2.68 bits per heavy atom. The third kappa shape index (κ3) is 3.74. The summed E-state index contributed by atoms with van der Waals surface area (Å²) in [6, 6.07) is 10.6. The Balaban J connectivity index is 1.73. The number of aryl methyl sites for hydroxylation is 1. The van der Waals surface area contributed by atoms with Gasteiger partial charge in [-0.05, 0) is 38.2 Å². The standard InChI is InChI=1S/C18H22N2OS/c1-13(16-8-9-16)20(11-15-6-4-3-5-7-15)18(21)10-17-12-22-14(2)19-17/h3-7,12-13,16H,8-11H2,1-2H3. The molecule has 1 fully saturated rings. The van der Waals surface area contributed by atoms with E-state index in [0.717, 1.165) is 10.7 Å². The second-order valence-corrected chi connectivity index (χ2v) is 7.18. The fraction of sp³-hybridized carbons (Fsp3) is 0.444. The Kier molecular flexibility index (Phi) is 4.57. The first kappa shape index (κ1) is 15.2. The summed E-state index contributed by atoms with van der Waals surface area (Å²) >= 11 is 1.61. The summed E-state index contributed by atoms with van der Waals surface area (Å²) in [5.74, 6) is 0.860. The number of hydrogen-bond donors (Lipinski definition) is 0. The van der Waals surface area contributed by atoms with Gasteiger partial charge in [-0.1, -0.05) is 30.3 Å². The first-order chi connectivity index (χ1) is 10.6. The highest BCUT2D eigenvalue weighted by atomic mass is 32.1. The van der Waals surface area contributed by atoms with E-state index < -0.39 is 0 Å². The normalized spacial score (nSPS) is 15.5. The van der Waals surface area contributed by atoms with Crippen LogP contribution in [0.1, 0.15) is 36.0 Å². The lowest BCUT2D eigenvalue weighted by Gasteiger charge is -2.29. The summed E-state index contributed by atoms with van der Waals surface area (Å²) in [6.07, 6.45) is 2.90. The first-order valence-corrected chi connectivity index (χ1v) is 8.76. The highest BCUT2D eigenvalue weighted by Crippen LogP contribution is 2.36. The summed E-state index contributed by atoms with van der Waals surface area (Å²) in [4.78, 5) is 19.3. The predicted octanol–water partition coefficient (Wildman–Crippen LogP) is 3.82. The smallest absolute Gasteiger partial charge is 0.229 e. The van der Waals surface area contributed by atoms with Gasteiger partial charge in [-0.15, -0.1) is 11.3 Å². The molecule has 116 valence electrons. The van der Waals surface area contributed by atoms with E-state index in [-0.39, 0.29) is 5.91 Å². The molecule has 1 atom stereocenters. The van der Waals surface area contributed by atoms with Gasteiger partial charge in [0.15, 0.2) is 0 Å². The molecule has 1 saturated carbocycles. The van der Waals surface area contributed by atoms with Gasteiger partial charge in [-0.3, -0.25) is 4.79 Å². The van der Waals surface area contributed by atoms with Crippen molar-refractivity contribution in [2.45, 2.75) is 45.7 Å². The van der Waals surface area contributed by atoms with Crippen molar-refractivity contribution in [3.05, 3.63) is 52.0 Å². The van der Waals surface area contributed by atoms with Crippen molar-refractivity contribution in [3.63, 3.8) is 0 Å². The molecule has 3 nitrogen and oxygen atoms in total. The number of nitrogens with zero attached hydrogens (tertiary/aromatic N) is 2. The van der Waals surface area contributed by atoms with Crippen LogP contribution in [0, 0.1) is 12.8 Å². The zero-order valence-corrected chi connectivity index (χ0v) is 14.0. The summed E-state index contributed by atoms with van der Waals surface area (Å²) in [6.45, 7) is 4.86. The van der Waals surface area contributed by atoms with Gasteiger partial charge in [-0.25, -0.2) is 4.98 Å². The van der Waals surface area contributed by atoms with Crippen LogP contribution in [0.5, 0.6) is 0 Å². The van der Waals surface area contributed by atoms with E-state index in [0.29, 0.717) is 24.9 Å². The van der Waals surface area contributed by atoms with Crippen molar-refractivity contribution in [1.82, 2.24) is 9.88 Å². The predicted molar refractivity (Wildman–Crippen MR) is 89.7 cm³/mol. The summed E-state index contributed by atoms with van der Waals surface area (Å²) in [5, 5.41) is 3.02. The molecule has 1 amide bonds. The number of carbonyl (C=O) groups is 1. The molecule has 0 radical (unpaired) electrons. The Hall–Kier alpha value is -1.68. The van der Waals surface area contributed by atoms with Crippen LogP contribution in [-0.4, -0.2) is 21.8 Å². The lowest BCUT2D eigenvalue weighted by atomic mass is 10.1. The van der Waals surface area contributed by atoms with Gasteiger partial charge >= 0.3 is 0 Å². The average molecular weight is 314 g/mol. The number of aromatic nitrogens is 1. The molecule has 22 heavy (non-hydrogen) atoms. The van der Waals surface area contributed by atoms with Crippen LogP contribution in [0.25, 0.3) is 0 Å². The molecular weight excluding hydrogens is 292 g/mol. The number of rotatable bonds is 6. The molecule has 0 aliphatic heterocycles. The van der Waals surface area contributed by atoms with Crippen LogP contribution in [0.2, 0.25) is 0 Å². The van der Waals surface area contributed by atoms with Crippen molar-refractivity contribution in [2.75, 3.05) is 0 Å². The summed E-state index contributed by atoms with van der Waals surface area (Å²) < 4.78 is 0. The Morgan fingerprint density at radius 2 is 2.09 bits per heavy atom. The van der Waals surface area contributed by atoms with Crippen molar-refractivity contribution in [2.24, 2.45) is 5.92 Å². The van der Waals surface area contributed by atoms with E-state index >= 15 is 0 Å². The zero-order chi connectivity index (χ0) is 15.5. The minimum absolute atomic E-state index is 0.188. The Bertz CT molecular complexity index is 634. The molecule has 0 N–H and O–H groups in total. The second kappa shape index (κ2) is 6.61. The van der Waals surface area contributed by atoms with E-state index in [1.54, 1.807) is 11.3 Å². The average Bonchev–Trinajstić information content (AvgIpc) is 3.29. The highest BCUT2D eigenvalue weighted by Gasteiger charge is 2.34. The minimum Gasteiger partial charge on any atom is -0.335 e. The maximum absolute atomic E-state index is 12.8. The lowest BCUT2D eigenvalue weighted by Crippen LogP contribution is -2.40. The lowest BCUT2D eigenvalue weighted by molar-refractivity contribution is -0.133. The molecule has 1 aliphatic carbocycles. The van der Waals surface area contributed by atoms with Crippen LogP contribution < -0.4 is 0 Å². The van der Waals surface area contributed by atoms with Crippen molar-refractivity contribution in [1.29, 1.82) is 0 Å². The number of hydrogen-bond acceptors (Lipinski definition) is 3. The van der Waals surface area contributed by atoms with E-state index in [2.05, 4.69) is 24.0 Å². The third-order valence-corrected chi connectivity index (χ3v) is 5.13. The van der Waals surface area contributed by atoms with Crippen LogP contribution >= 0.6 is 11.3 Å². The molecular formula is C18H22N2OS. The van der Waals surface area contributed by atoms with Crippen molar-refractivity contribution >= 4 is 17.2 Å². The fourth-order valence-corrected chi connectivity index (χ4v) is 3.43. The second-order valence-electron chi connectivity index (χ2n) is 6.12. The highest BCUT2D eigenvalue weighted by molar-refractivity contribution is 7.09. The van der Waals surface area contributed by atoms with Gasteiger partial charge in [0.25, 0.3) is 0 Å². The maximum Gasteiger partial charge on any atom is 0.229 e. The molecule has 1 unspecified atom stereocenters. The van der Waals surface area contributed by atoms with E-state index in [1.807, 2.05) is 35.4 Å². The SMILES string of the molecule is Cc1nc(CC(=O)N(Cc2ccccc2)C(C)C2CC2)cs1. The molecule has 0 bridgehead atoms. The van der Waals surface area contributed by atoms with Crippen molar-refractivity contribution < 1.29 is 4.79 Å². The quantitative estimate of drug-likeness (QED) is 0.812. The number of benzene rings is 1. The van der Waals surface area contributed by atoms with Gasteiger partial charge in [0.05, 0.1) is 17.1 Å². The molecule has 0 saturated heterocycles. The molecule has 1 aliphatic rings. The largest absolute Gasteiger partial charge is 0.335 e. The molecule has 4 heteroatoms. The van der Waals surface area contributed by atoms with Gasteiger partial charge < -0.3 is 4.90 Å². The molecule has 0 spiro atoms. The van der Waals surface area contributed by atoms with Crippen LogP contribution in [-0.2, 0) is 17.8 Å². The summed E-state index contributed by atoms with van der Waals surface area (Å²) in [7, 11) is 0. The molecule has 3 rings (SSSR count). The Labute approximate surface area is 136 Å². The third-order valence-electron chi connectivity index (χ3n) is 4.31. The Morgan fingerprint density at radius 1 is 1.36 bits per heavy atom. The zero-order valence-electron chi connectivity index (χ0n) is 13.2. The topological polar surface area (TPSA) is 33.2 Å². The molecule has 2 aromatic rings. The van der Waals surface area contributed by atoms with Gasteiger partial charge in [-0.2, -0.15) is 0 Å². The van der Waals surface area contributed by atoms with E-state index in [4.69, 9.17) is 0 Å². The molecule has 1 aromatic carbocycles. The monoisotopic (exact) mass is 314 g/mol. The summed E-state index contributed by atoms with van der Waals surface area (Å²) in [5.41, 5.74) is 2.09. The minimum atomic E-state index is 0.188. The van der Waals surface area contributed by atoms with Crippen molar-refractivity contribution in [3.8, 4) is 0 Å². The van der Waals surface area contributed by atoms with Crippen LogP contribution in [0.15, 0.2) is 35.7 Å². The van der Waals surface area contributed by atoms with Crippen LogP contribution in [0.3, 0.4) is 0 Å². The van der Waals surface area contributed by atoms with Gasteiger partial charge in [0, 0.05) is 18.0 Å². The van der Waals surface area contributed by atoms with Crippen LogP contribution in [0.4, 0.5) is 0 Å². The number of amides is 1. The fourth-order valence-electron chi connectivity index (χ4n) is 2.82.